The van der Waals surface area contributed by atoms with E-state index in [0.717, 1.165) is 9.04 Å². The maximum Gasteiger partial charge on any atom is 0.269 e. The van der Waals surface area contributed by atoms with Crippen LogP contribution in [-0.2, 0) is 0 Å². The molecule has 2 aromatic carbocycles. The summed E-state index contributed by atoms with van der Waals surface area (Å²) in [7, 11) is 0. The van der Waals surface area contributed by atoms with E-state index in [4.69, 9.17) is 5.73 Å². The van der Waals surface area contributed by atoms with Crippen LogP contribution in [0.3, 0.4) is 0 Å². The Morgan fingerprint density at radius 3 is 2.57 bits per heavy atom. The van der Waals surface area contributed by atoms with Gasteiger partial charge in [-0.05, 0) is 30.3 Å². The van der Waals surface area contributed by atoms with Gasteiger partial charge in [-0.25, -0.2) is 9.55 Å². The molecule has 3 rings (SSSR count). The van der Waals surface area contributed by atoms with E-state index in [1.54, 1.807) is 48.5 Å². The smallest absolute Gasteiger partial charge is 0.269 e. The monoisotopic (exact) mass is 343 g/mol. The molecule has 6 heteroatoms. The predicted octanol–water partition coefficient (Wildman–Crippen LogP) is 2.43. The van der Waals surface area contributed by atoms with E-state index < -0.39 is 11.5 Å². The minimum atomic E-state index is -0.493. The van der Waals surface area contributed by atoms with Gasteiger partial charge in [0.2, 0.25) is 5.95 Å². The first-order valence-electron chi connectivity index (χ1n) is 6.15. The Bertz CT molecular complexity index is 904. The van der Waals surface area contributed by atoms with Crippen LogP contribution in [0.2, 0.25) is 0 Å². The van der Waals surface area contributed by atoms with Gasteiger partial charge < -0.3 is 5.73 Å². The predicted molar refractivity (Wildman–Crippen MR) is 84.3 cm³/mol. The average Bonchev–Trinajstić information content (AvgIpc) is 2.49. The summed E-state index contributed by atoms with van der Waals surface area (Å²) in [4.78, 5) is 29.1. The van der Waals surface area contributed by atoms with Crippen molar-refractivity contribution < 1.29 is 4.79 Å². The van der Waals surface area contributed by atoms with Gasteiger partial charge in [0.25, 0.3) is 11.5 Å². The van der Waals surface area contributed by atoms with Crippen molar-refractivity contribution in [1.29, 1.82) is 0 Å². The van der Waals surface area contributed by atoms with Crippen LogP contribution in [0, 0.1) is 0 Å². The molecule has 0 spiro atoms. The maximum absolute atomic E-state index is 12.5. The molecule has 1 aromatic heterocycles. The summed E-state index contributed by atoms with van der Waals surface area (Å²) in [5.74, 6) is -0.615. The van der Waals surface area contributed by atoms with Crippen LogP contribution in [0.25, 0.3) is 10.9 Å². The van der Waals surface area contributed by atoms with Gasteiger partial charge >= 0.3 is 0 Å². The zero-order valence-electron chi connectivity index (χ0n) is 10.8. The molecule has 5 nitrogen and oxygen atoms in total. The number of carbonyl (C=O) groups is 1. The summed E-state index contributed by atoms with van der Waals surface area (Å²) in [6, 6.07) is 13.5. The molecule has 0 atom stereocenters. The molecule has 0 unspecified atom stereocenters. The van der Waals surface area contributed by atoms with Gasteiger partial charge in [0, 0.05) is 10.0 Å². The molecule has 0 radical (unpaired) electrons. The fraction of sp³-hybridized carbons (Fsp3) is 0. The number of benzene rings is 2. The van der Waals surface area contributed by atoms with E-state index >= 15 is 0 Å². The van der Waals surface area contributed by atoms with Crippen LogP contribution >= 0.6 is 15.9 Å². The van der Waals surface area contributed by atoms with E-state index in [9.17, 15) is 9.59 Å². The lowest BCUT2D eigenvalue weighted by molar-refractivity contribution is 0.0958. The van der Waals surface area contributed by atoms with Gasteiger partial charge in [0.1, 0.15) is 0 Å². The molecular formula is C15H10BrN3O2. The van der Waals surface area contributed by atoms with Crippen molar-refractivity contribution in [2.24, 2.45) is 0 Å². The first-order valence-corrected chi connectivity index (χ1v) is 6.95. The molecule has 1 heterocycles. The molecule has 0 bridgehead atoms. The van der Waals surface area contributed by atoms with Crippen molar-refractivity contribution in [3.63, 3.8) is 0 Å². The van der Waals surface area contributed by atoms with Crippen LogP contribution < -0.4 is 11.3 Å². The van der Waals surface area contributed by atoms with Gasteiger partial charge in [-0.3, -0.25) is 9.59 Å². The first kappa shape index (κ1) is 13.5. The number of rotatable bonds is 1. The van der Waals surface area contributed by atoms with E-state index in [2.05, 4.69) is 20.9 Å². The van der Waals surface area contributed by atoms with Gasteiger partial charge in [-0.15, -0.1) is 0 Å². The highest BCUT2D eigenvalue weighted by Crippen LogP contribution is 2.17. The van der Waals surface area contributed by atoms with Crippen LogP contribution in [0.1, 0.15) is 10.4 Å². The molecule has 0 fully saturated rings. The number of fused-ring (bicyclic) bond motifs is 1. The Morgan fingerprint density at radius 1 is 1.14 bits per heavy atom. The molecule has 21 heavy (non-hydrogen) atoms. The fourth-order valence-corrected chi connectivity index (χ4v) is 2.44. The van der Waals surface area contributed by atoms with E-state index in [-0.39, 0.29) is 5.95 Å². The summed E-state index contributed by atoms with van der Waals surface area (Å²) >= 11 is 3.30. The van der Waals surface area contributed by atoms with E-state index in [0.29, 0.717) is 16.5 Å². The third-order valence-electron chi connectivity index (χ3n) is 3.08. The Labute approximate surface area is 128 Å². The second-order valence-electron chi connectivity index (χ2n) is 4.44. The average molecular weight is 344 g/mol. The summed E-state index contributed by atoms with van der Waals surface area (Å²) in [6.45, 7) is 0. The largest absolute Gasteiger partial charge is 0.369 e. The number of aromatic nitrogens is 2. The van der Waals surface area contributed by atoms with Gasteiger partial charge in [0.05, 0.1) is 10.9 Å². The van der Waals surface area contributed by atoms with Crippen molar-refractivity contribution in [1.82, 2.24) is 9.55 Å². The fourth-order valence-electron chi connectivity index (χ4n) is 2.08. The van der Waals surface area contributed by atoms with E-state index in [1.165, 1.54) is 0 Å². The maximum atomic E-state index is 12.5. The van der Waals surface area contributed by atoms with Crippen molar-refractivity contribution >= 4 is 38.7 Å². The third kappa shape index (κ3) is 2.34. The third-order valence-corrected chi connectivity index (χ3v) is 3.57. The Balaban J connectivity index is 2.28. The topological polar surface area (TPSA) is 78.0 Å². The number of nitrogen functional groups attached to an aromatic ring is 1. The van der Waals surface area contributed by atoms with Gasteiger partial charge in [-0.2, -0.15) is 0 Å². The molecule has 0 aliphatic heterocycles. The molecular weight excluding hydrogens is 334 g/mol. The Kier molecular flexibility index (Phi) is 3.31. The van der Waals surface area contributed by atoms with Crippen LogP contribution in [0.4, 0.5) is 5.95 Å². The summed E-state index contributed by atoms with van der Waals surface area (Å²) in [6.07, 6.45) is 0. The standard InChI is InChI=1S/C15H10BrN3O2/c16-10-6-7-12-11(8-10)14(21)19(15(17)18-12)13(20)9-4-2-1-3-5-9/h1-8H,(H2,17,18). The first-order chi connectivity index (χ1) is 10.1. The zero-order valence-corrected chi connectivity index (χ0v) is 12.4. The van der Waals surface area contributed by atoms with Crippen LogP contribution in [0.5, 0.6) is 0 Å². The Morgan fingerprint density at radius 2 is 1.86 bits per heavy atom. The number of halogens is 1. The summed E-state index contributed by atoms with van der Waals surface area (Å²) in [5, 5.41) is 0.336. The minimum absolute atomic E-state index is 0.122. The highest BCUT2D eigenvalue weighted by atomic mass is 79.9. The Hall–Kier alpha value is -2.47. The van der Waals surface area contributed by atoms with Crippen molar-refractivity contribution in [3.8, 4) is 0 Å². The molecule has 0 aliphatic carbocycles. The zero-order chi connectivity index (χ0) is 15.0. The number of anilines is 1. The normalized spacial score (nSPS) is 10.7. The second kappa shape index (κ2) is 5.14. The van der Waals surface area contributed by atoms with Crippen LogP contribution in [-0.4, -0.2) is 15.5 Å². The minimum Gasteiger partial charge on any atom is -0.369 e. The number of nitrogens with zero attached hydrogens (tertiary/aromatic N) is 2. The highest BCUT2D eigenvalue weighted by molar-refractivity contribution is 9.10. The lowest BCUT2D eigenvalue weighted by Gasteiger charge is -2.09. The van der Waals surface area contributed by atoms with Crippen molar-refractivity contribution in [2.75, 3.05) is 5.73 Å². The number of hydrogen-bond acceptors (Lipinski definition) is 4. The van der Waals surface area contributed by atoms with Crippen LogP contribution in [0.15, 0.2) is 57.8 Å². The molecule has 3 aromatic rings. The summed E-state index contributed by atoms with van der Waals surface area (Å²) in [5.41, 5.74) is 6.14. The highest BCUT2D eigenvalue weighted by Gasteiger charge is 2.16. The molecule has 104 valence electrons. The quantitative estimate of drug-likeness (QED) is 0.735. The van der Waals surface area contributed by atoms with Gasteiger partial charge in [0.15, 0.2) is 0 Å². The number of hydrogen-bond donors (Lipinski definition) is 1. The summed E-state index contributed by atoms with van der Waals surface area (Å²) < 4.78 is 1.63. The van der Waals surface area contributed by atoms with Gasteiger partial charge in [-0.1, -0.05) is 34.1 Å². The van der Waals surface area contributed by atoms with Crippen molar-refractivity contribution in [3.05, 3.63) is 68.9 Å². The molecule has 0 saturated heterocycles. The molecule has 0 amide bonds. The van der Waals surface area contributed by atoms with Crippen molar-refractivity contribution in [2.45, 2.75) is 0 Å². The molecule has 0 aliphatic rings. The number of carbonyl (C=O) groups excluding carboxylic acids is 1. The molecule has 2 N–H and O–H groups in total. The second-order valence-corrected chi connectivity index (χ2v) is 5.36. The molecule has 0 saturated carbocycles. The van der Waals surface area contributed by atoms with E-state index in [1.807, 2.05) is 0 Å². The SMILES string of the molecule is Nc1nc2ccc(Br)cc2c(=O)n1C(=O)c1ccccc1. The number of nitrogens with two attached hydrogens (primary N) is 1. The lowest BCUT2D eigenvalue weighted by Crippen LogP contribution is -2.30. The lowest BCUT2D eigenvalue weighted by atomic mass is 10.2.